The molecule has 0 atom stereocenters. The molecule has 50 valence electrons. The minimum Gasteiger partial charge on any atom is -0.474 e. The van der Waals surface area contributed by atoms with Crippen LogP contribution in [-0.4, -0.2) is 22.9 Å². The highest BCUT2D eigenvalue weighted by Gasteiger charge is 2.08. The van der Waals surface area contributed by atoms with Crippen LogP contribution in [0.5, 0.6) is 0 Å². The van der Waals surface area contributed by atoms with E-state index >= 15 is 0 Å². The van der Waals surface area contributed by atoms with E-state index in [2.05, 4.69) is 16.5 Å². The monoisotopic (exact) mass is 131 g/mol. The fourth-order valence-electron chi connectivity index (χ4n) is 0.165. The van der Waals surface area contributed by atoms with Gasteiger partial charge in [-0.1, -0.05) is 0 Å². The van der Waals surface area contributed by atoms with E-state index in [1.165, 1.54) is 0 Å². The number of aliphatic imine (C=N–C) groups is 1. The average Bonchev–Trinajstić information content (AvgIpc) is 1.63. The second-order valence-electron chi connectivity index (χ2n) is 1.15. The molecule has 0 bridgehead atoms. The lowest BCUT2D eigenvalue weighted by Gasteiger charge is -1.84. The normalized spacial score (nSPS) is 8.00. The molecule has 1 amide bonds. The largest absolute Gasteiger partial charge is 0.474 e. The molecule has 0 saturated heterocycles. The van der Waals surface area contributed by atoms with Gasteiger partial charge in [0.25, 0.3) is 0 Å². The number of carbonyl (C=O) groups excluding carboxylic acids is 1. The van der Waals surface area contributed by atoms with Crippen LogP contribution in [-0.2, 0) is 9.59 Å². The molecule has 0 heterocycles. The Labute approximate surface area is 50.2 Å². The zero-order chi connectivity index (χ0) is 7.44. The van der Waals surface area contributed by atoms with Gasteiger partial charge < -0.3 is 16.6 Å². The highest BCUT2D eigenvalue weighted by Crippen LogP contribution is 1.71. The summed E-state index contributed by atoms with van der Waals surface area (Å²) in [6.45, 7) is 0. The second-order valence-corrected chi connectivity index (χ2v) is 1.15. The maximum absolute atomic E-state index is 10.0. The lowest BCUT2D eigenvalue weighted by atomic mass is 10.6. The van der Waals surface area contributed by atoms with Crippen LogP contribution in [0.15, 0.2) is 4.99 Å². The molecular formula is C3H5N3O3. The van der Waals surface area contributed by atoms with Gasteiger partial charge in [-0.25, -0.2) is 4.79 Å². The number of nitrogens with zero attached hydrogens (tertiary/aromatic N) is 1. The summed E-state index contributed by atoms with van der Waals surface area (Å²) in [7, 11) is 0. The van der Waals surface area contributed by atoms with Crippen LogP contribution in [0.4, 0.5) is 0 Å². The van der Waals surface area contributed by atoms with Gasteiger partial charge in [-0.2, -0.15) is 4.99 Å². The van der Waals surface area contributed by atoms with Crippen LogP contribution in [0, 0.1) is 0 Å². The van der Waals surface area contributed by atoms with Gasteiger partial charge >= 0.3 is 11.9 Å². The first-order valence-electron chi connectivity index (χ1n) is 1.91. The van der Waals surface area contributed by atoms with Gasteiger partial charge in [-0.15, -0.1) is 0 Å². The minimum atomic E-state index is -1.68. The van der Waals surface area contributed by atoms with Crippen molar-refractivity contribution in [3.63, 3.8) is 0 Å². The molecule has 0 aromatic carbocycles. The smallest absolute Gasteiger partial charge is 0.396 e. The van der Waals surface area contributed by atoms with Crippen molar-refractivity contribution in [2.45, 2.75) is 0 Å². The third-order valence-corrected chi connectivity index (χ3v) is 0.414. The molecule has 0 aromatic rings. The van der Waals surface area contributed by atoms with E-state index in [0.717, 1.165) is 0 Å². The van der Waals surface area contributed by atoms with Crippen LogP contribution < -0.4 is 11.5 Å². The molecule has 5 N–H and O–H groups in total. The first-order chi connectivity index (χ1) is 4.04. The summed E-state index contributed by atoms with van der Waals surface area (Å²) in [5.74, 6) is -3.60. The SMILES string of the molecule is NC(N)=NC(=O)C(=O)O. The van der Waals surface area contributed by atoms with E-state index < -0.39 is 17.8 Å². The Bertz CT molecular complexity index is 169. The molecule has 0 unspecified atom stereocenters. The molecule has 0 aliphatic rings. The Hall–Kier alpha value is -1.59. The number of hydrogen-bond acceptors (Lipinski definition) is 2. The van der Waals surface area contributed by atoms with Crippen LogP contribution >= 0.6 is 0 Å². The first kappa shape index (κ1) is 7.41. The molecule has 0 spiro atoms. The summed E-state index contributed by atoms with van der Waals surface area (Å²) in [5.41, 5.74) is 9.35. The summed E-state index contributed by atoms with van der Waals surface area (Å²) in [4.78, 5) is 22.4. The Morgan fingerprint density at radius 1 is 1.33 bits per heavy atom. The molecule has 6 nitrogen and oxygen atoms in total. The van der Waals surface area contributed by atoms with E-state index in [1.54, 1.807) is 0 Å². The molecule has 9 heavy (non-hydrogen) atoms. The summed E-state index contributed by atoms with van der Waals surface area (Å²) in [5, 5.41) is 7.86. The number of nitrogens with two attached hydrogens (primary N) is 2. The number of aliphatic carboxylic acids is 1. The van der Waals surface area contributed by atoms with Gasteiger partial charge in [-0.3, -0.25) is 4.79 Å². The maximum Gasteiger partial charge on any atom is 0.396 e. The topological polar surface area (TPSA) is 119 Å². The molecule has 0 fully saturated rings. The van der Waals surface area contributed by atoms with Crippen molar-refractivity contribution in [1.29, 1.82) is 0 Å². The Balaban J connectivity index is 4.09. The zero-order valence-electron chi connectivity index (χ0n) is 4.37. The second kappa shape index (κ2) is 2.65. The summed E-state index contributed by atoms with van der Waals surface area (Å²) >= 11 is 0. The van der Waals surface area contributed by atoms with Crippen molar-refractivity contribution < 1.29 is 14.7 Å². The van der Waals surface area contributed by atoms with Gasteiger partial charge in [0.15, 0.2) is 5.96 Å². The van der Waals surface area contributed by atoms with Crippen LogP contribution in [0.1, 0.15) is 0 Å². The molecule has 0 radical (unpaired) electrons. The fraction of sp³-hybridized carbons (Fsp3) is 0. The first-order valence-corrected chi connectivity index (χ1v) is 1.91. The lowest BCUT2D eigenvalue weighted by Crippen LogP contribution is -2.26. The molecule has 0 saturated carbocycles. The highest BCUT2D eigenvalue weighted by molar-refractivity contribution is 6.33. The average molecular weight is 131 g/mol. The Morgan fingerprint density at radius 2 is 1.78 bits per heavy atom. The van der Waals surface area contributed by atoms with Gasteiger partial charge in [-0.05, 0) is 0 Å². The number of amides is 1. The van der Waals surface area contributed by atoms with Gasteiger partial charge in [0, 0.05) is 0 Å². The quantitative estimate of drug-likeness (QED) is 0.197. The summed E-state index contributed by atoms with van der Waals surface area (Å²) in [6.07, 6.45) is 0. The van der Waals surface area contributed by atoms with E-state index in [0.29, 0.717) is 0 Å². The van der Waals surface area contributed by atoms with E-state index in [-0.39, 0.29) is 0 Å². The van der Waals surface area contributed by atoms with Gasteiger partial charge in [0.2, 0.25) is 0 Å². The predicted octanol–water partition coefficient (Wildman–Crippen LogP) is -2.13. The number of hydrogen-bond donors (Lipinski definition) is 3. The molecule has 0 aromatic heterocycles. The maximum atomic E-state index is 10.0. The third kappa shape index (κ3) is 3.03. The van der Waals surface area contributed by atoms with Gasteiger partial charge in [0.1, 0.15) is 0 Å². The van der Waals surface area contributed by atoms with Crippen molar-refractivity contribution in [1.82, 2.24) is 0 Å². The minimum absolute atomic E-state index is 0.553. The van der Waals surface area contributed by atoms with Crippen molar-refractivity contribution in [3.05, 3.63) is 0 Å². The van der Waals surface area contributed by atoms with Crippen LogP contribution in [0.25, 0.3) is 0 Å². The number of carboxylic acid groups (broad SMARTS) is 1. The number of carboxylic acids is 1. The van der Waals surface area contributed by atoms with Crippen molar-refractivity contribution >= 4 is 17.8 Å². The Morgan fingerprint density at radius 3 is 1.89 bits per heavy atom. The number of carbonyl (C=O) groups is 2. The lowest BCUT2D eigenvalue weighted by molar-refractivity contribution is -0.148. The highest BCUT2D eigenvalue weighted by atomic mass is 16.4. The summed E-state index contributed by atoms with van der Waals surface area (Å²) < 4.78 is 0. The van der Waals surface area contributed by atoms with Crippen LogP contribution in [0.3, 0.4) is 0 Å². The Kier molecular flexibility index (Phi) is 2.18. The molecular weight excluding hydrogens is 126 g/mol. The number of guanidine groups is 1. The standard InChI is InChI=1S/C3H5N3O3/c4-3(5)6-1(7)2(8)9/h(H,8,9)(H4,4,5,6,7). The number of rotatable bonds is 0. The van der Waals surface area contributed by atoms with E-state index in [1.807, 2.05) is 0 Å². The van der Waals surface area contributed by atoms with Crippen molar-refractivity contribution in [2.24, 2.45) is 16.5 Å². The molecule has 0 rings (SSSR count). The van der Waals surface area contributed by atoms with Gasteiger partial charge in [0.05, 0.1) is 0 Å². The summed E-state index contributed by atoms with van der Waals surface area (Å²) in [6, 6.07) is 0. The molecule has 0 aliphatic carbocycles. The molecule has 6 heteroatoms. The van der Waals surface area contributed by atoms with Crippen LogP contribution in [0.2, 0.25) is 0 Å². The van der Waals surface area contributed by atoms with Crippen molar-refractivity contribution in [2.75, 3.05) is 0 Å². The van der Waals surface area contributed by atoms with Crippen molar-refractivity contribution in [3.8, 4) is 0 Å². The zero-order valence-corrected chi connectivity index (χ0v) is 4.37. The van der Waals surface area contributed by atoms with E-state index in [4.69, 9.17) is 5.11 Å². The fourth-order valence-corrected chi connectivity index (χ4v) is 0.165. The predicted molar refractivity (Wildman–Crippen MR) is 28.5 cm³/mol. The third-order valence-electron chi connectivity index (χ3n) is 0.414. The van der Waals surface area contributed by atoms with E-state index in [9.17, 15) is 9.59 Å². The molecule has 0 aliphatic heterocycles.